The van der Waals surface area contributed by atoms with Crippen LogP contribution in [0.4, 0.5) is 18.9 Å². The Morgan fingerprint density at radius 3 is 2.31 bits per heavy atom. The normalized spacial score (nSPS) is 12.3. The predicted octanol–water partition coefficient (Wildman–Crippen LogP) is 3.38. The van der Waals surface area contributed by atoms with Gasteiger partial charge in [0.15, 0.2) is 6.10 Å². The molecule has 26 heavy (non-hydrogen) atoms. The fraction of sp³-hybridized carbons (Fsp3) is 0.222. The summed E-state index contributed by atoms with van der Waals surface area (Å²) in [4.78, 5) is 24.1. The zero-order chi connectivity index (χ0) is 19.3. The first-order valence-electron chi connectivity index (χ1n) is 7.60. The van der Waals surface area contributed by atoms with Gasteiger partial charge >= 0.3 is 12.1 Å². The Hall–Kier alpha value is -2.87. The highest BCUT2D eigenvalue weighted by Gasteiger charge is 2.34. The molecule has 0 fully saturated rings. The van der Waals surface area contributed by atoms with Crippen molar-refractivity contribution in [2.45, 2.75) is 25.8 Å². The number of halogens is 3. The lowest BCUT2D eigenvalue weighted by molar-refractivity contribution is -0.137. The number of carbonyl (C=O) groups excluding carboxylic acids is 2. The van der Waals surface area contributed by atoms with Gasteiger partial charge in [0.1, 0.15) is 0 Å². The van der Waals surface area contributed by atoms with Gasteiger partial charge in [0, 0.05) is 0 Å². The van der Waals surface area contributed by atoms with Crippen molar-refractivity contribution in [3.63, 3.8) is 0 Å². The van der Waals surface area contributed by atoms with Crippen LogP contribution in [-0.4, -0.2) is 23.1 Å². The number of amides is 1. The van der Waals surface area contributed by atoms with Gasteiger partial charge in [0.25, 0.3) is 5.91 Å². The molecule has 0 saturated heterocycles. The van der Waals surface area contributed by atoms with Gasteiger partial charge in [-0.3, -0.25) is 4.79 Å². The number of para-hydroxylation sites is 1. The van der Waals surface area contributed by atoms with E-state index < -0.39 is 35.4 Å². The molecule has 2 N–H and O–H groups in total. The number of benzene rings is 2. The van der Waals surface area contributed by atoms with E-state index in [1.54, 1.807) is 0 Å². The highest BCUT2D eigenvalue weighted by molar-refractivity contribution is 5.97. The number of hydrogen-bond donors (Lipinski definition) is 2. The lowest BCUT2D eigenvalue weighted by atomic mass is 10.1. The molecule has 0 saturated carbocycles. The van der Waals surface area contributed by atoms with Crippen LogP contribution in [0, 0.1) is 0 Å². The molecule has 5 nitrogen and oxygen atoms in total. The van der Waals surface area contributed by atoms with E-state index in [-0.39, 0.29) is 12.2 Å². The van der Waals surface area contributed by atoms with E-state index in [1.165, 1.54) is 43.3 Å². The van der Waals surface area contributed by atoms with E-state index in [0.29, 0.717) is 5.56 Å². The highest BCUT2D eigenvalue weighted by Crippen LogP contribution is 2.34. The molecule has 138 valence electrons. The zero-order valence-corrected chi connectivity index (χ0v) is 13.7. The number of ether oxygens (including phenoxy) is 1. The molecular weight excluding hydrogens is 351 g/mol. The van der Waals surface area contributed by atoms with Crippen molar-refractivity contribution in [1.29, 1.82) is 0 Å². The van der Waals surface area contributed by atoms with E-state index in [1.807, 2.05) is 0 Å². The summed E-state index contributed by atoms with van der Waals surface area (Å²) >= 11 is 0. The van der Waals surface area contributed by atoms with Crippen LogP contribution < -0.4 is 5.32 Å². The number of hydrogen-bond acceptors (Lipinski definition) is 4. The topological polar surface area (TPSA) is 75.6 Å². The summed E-state index contributed by atoms with van der Waals surface area (Å²) in [7, 11) is 0. The molecule has 0 heterocycles. The number of aliphatic hydroxyl groups excluding tert-OH is 1. The maximum atomic E-state index is 12.9. The van der Waals surface area contributed by atoms with Crippen LogP contribution in [0.1, 0.15) is 28.4 Å². The van der Waals surface area contributed by atoms with Crippen molar-refractivity contribution < 1.29 is 32.6 Å². The number of aliphatic hydroxyl groups is 1. The second-order valence-corrected chi connectivity index (χ2v) is 5.44. The van der Waals surface area contributed by atoms with Crippen LogP contribution in [0.5, 0.6) is 0 Å². The molecule has 0 aromatic heterocycles. The average molecular weight is 367 g/mol. The molecule has 0 unspecified atom stereocenters. The Kier molecular flexibility index (Phi) is 5.99. The first-order chi connectivity index (χ1) is 12.2. The minimum Gasteiger partial charge on any atom is -0.449 e. The SMILES string of the molecule is C[C@H](OC(=O)c1ccc(CO)cc1)C(=O)Nc1ccccc1C(F)(F)F. The largest absolute Gasteiger partial charge is 0.449 e. The van der Waals surface area contributed by atoms with Gasteiger partial charge in [-0.25, -0.2) is 4.79 Å². The van der Waals surface area contributed by atoms with Crippen LogP contribution in [0.3, 0.4) is 0 Å². The predicted molar refractivity (Wildman–Crippen MR) is 87.3 cm³/mol. The van der Waals surface area contributed by atoms with E-state index >= 15 is 0 Å². The van der Waals surface area contributed by atoms with Crippen molar-refractivity contribution in [2.75, 3.05) is 5.32 Å². The first-order valence-corrected chi connectivity index (χ1v) is 7.60. The second kappa shape index (κ2) is 8.01. The molecule has 2 aromatic carbocycles. The van der Waals surface area contributed by atoms with Crippen LogP contribution in [-0.2, 0) is 22.3 Å². The first kappa shape index (κ1) is 19.5. The summed E-state index contributed by atoms with van der Waals surface area (Å²) in [6.07, 6.45) is -5.93. The van der Waals surface area contributed by atoms with Gasteiger partial charge in [0.2, 0.25) is 0 Å². The summed E-state index contributed by atoms with van der Waals surface area (Å²) in [6, 6.07) is 10.4. The molecule has 0 aliphatic rings. The third kappa shape index (κ3) is 4.82. The average Bonchev–Trinajstić information content (AvgIpc) is 2.61. The molecule has 2 aromatic rings. The second-order valence-electron chi connectivity index (χ2n) is 5.44. The maximum absolute atomic E-state index is 12.9. The highest BCUT2D eigenvalue weighted by atomic mass is 19.4. The molecular formula is C18H16F3NO4. The third-order valence-corrected chi connectivity index (χ3v) is 3.52. The zero-order valence-electron chi connectivity index (χ0n) is 13.7. The van der Waals surface area contributed by atoms with Gasteiger partial charge in [-0.05, 0) is 36.8 Å². The summed E-state index contributed by atoms with van der Waals surface area (Å²) in [6.45, 7) is 1.07. The number of carbonyl (C=O) groups is 2. The van der Waals surface area contributed by atoms with Crippen LogP contribution >= 0.6 is 0 Å². The van der Waals surface area contributed by atoms with Crippen molar-refractivity contribution in [1.82, 2.24) is 0 Å². The van der Waals surface area contributed by atoms with Gasteiger partial charge in [-0.2, -0.15) is 13.2 Å². The molecule has 2 rings (SSSR count). The Bertz CT molecular complexity index is 788. The van der Waals surface area contributed by atoms with E-state index in [2.05, 4.69) is 5.32 Å². The summed E-state index contributed by atoms with van der Waals surface area (Å²) < 4.78 is 43.8. The molecule has 0 spiro atoms. The number of anilines is 1. The molecule has 1 amide bonds. The van der Waals surface area contributed by atoms with Crippen LogP contribution in [0.2, 0.25) is 0 Å². The standard InChI is InChI=1S/C18H16F3NO4/c1-11(26-17(25)13-8-6-12(10-23)7-9-13)16(24)22-15-5-3-2-4-14(15)18(19,20)21/h2-9,11,23H,10H2,1H3,(H,22,24)/t11-/m0/s1. The van der Waals surface area contributed by atoms with Crippen molar-refractivity contribution >= 4 is 17.6 Å². The van der Waals surface area contributed by atoms with Gasteiger partial charge < -0.3 is 15.2 Å². The molecule has 0 bridgehead atoms. The Balaban J connectivity index is 2.05. The summed E-state index contributed by atoms with van der Waals surface area (Å²) in [5, 5.41) is 11.1. The minimum atomic E-state index is -4.63. The third-order valence-electron chi connectivity index (χ3n) is 3.52. The van der Waals surface area contributed by atoms with Crippen molar-refractivity contribution in [3.8, 4) is 0 Å². The maximum Gasteiger partial charge on any atom is 0.418 e. The number of alkyl halides is 3. The molecule has 0 radical (unpaired) electrons. The van der Waals surface area contributed by atoms with E-state index in [4.69, 9.17) is 9.84 Å². The quantitative estimate of drug-likeness (QED) is 0.795. The fourth-order valence-electron chi connectivity index (χ4n) is 2.10. The van der Waals surface area contributed by atoms with Gasteiger partial charge in [0.05, 0.1) is 23.4 Å². The van der Waals surface area contributed by atoms with Crippen molar-refractivity contribution in [2.24, 2.45) is 0 Å². The van der Waals surface area contributed by atoms with Crippen LogP contribution in [0.25, 0.3) is 0 Å². The Labute approximate surface area is 147 Å². The number of nitrogens with one attached hydrogen (secondary N) is 1. The van der Waals surface area contributed by atoms with Gasteiger partial charge in [-0.1, -0.05) is 24.3 Å². The van der Waals surface area contributed by atoms with E-state index in [0.717, 1.165) is 12.1 Å². The number of esters is 1. The summed E-state index contributed by atoms with van der Waals surface area (Å²) in [5.41, 5.74) is -0.666. The molecule has 0 aliphatic heterocycles. The lowest BCUT2D eigenvalue weighted by Gasteiger charge is -2.17. The smallest absolute Gasteiger partial charge is 0.418 e. The van der Waals surface area contributed by atoms with E-state index in [9.17, 15) is 22.8 Å². The fourth-order valence-corrected chi connectivity index (χ4v) is 2.10. The van der Waals surface area contributed by atoms with Crippen LogP contribution in [0.15, 0.2) is 48.5 Å². The molecule has 0 aliphatic carbocycles. The Morgan fingerprint density at radius 2 is 1.73 bits per heavy atom. The lowest BCUT2D eigenvalue weighted by Crippen LogP contribution is -2.30. The minimum absolute atomic E-state index is 0.151. The number of rotatable bonds is 5. The van der Waals surface area contributed by atoms with Gasteiger partial charge in [-0.15, -0.1) is 0 Å². The molecule has 1 atom stereocenters. The monoisotopic (exact) mass is 367 g/mol. The van der Waals surface area contributed by atoms with Crippen molar-refractivity contribution in [3.05, 3.63) is 65.2 Å². The Morgan fingerprint density at radius 1 is 1.12 bits per heavy atom. The summed E-state index contributed by atoms with van der Waals surface area (Å²) in [5.74, 6) is -1.69. The molecule has 8 heteroatoms.